The lowest BCUT2D eigenvalue weighted by Gasteiger charge is -2.33. The van der Waals surface area contributed by atoms with Gasteiger partial charge in [-0.3, -0.25) is 0 Å². The van der Waals surface area contributed by atoms with Gasteiger partial charge in [0.25, 0.3) is 0 Å². The summed E-state index contributed by atoms with van der Waals surface area (Å²) in [7, 11) is 1.56. The smallest absolute Gasteiger partial charge is 0.149 e. The number of halogens is 2. The molecule has 20 heavy (non-hydrogen) atoms. The zero-order chi connectivity index (χ0) is 15.1. The van der Waals surface area contributed by atoms with Crippen LogP contribution < -0.4 is 4.90 Å². The summed E-state index contributed by atoms with van der Waals surface area (Å²) in [6.45, 7) is 4.43. The fourth-order valence-electron chi connectivity index (χ4n) is 2.38. The Labute approximate surface area is 119 Å². The first-order valence-corrected chi connectivity index (χ1v) is 6.93. The van der Waals surface area contributed by atoms with Crippen LogP contribution in [-0.4, -0.2) is 31.4 Å². The van der Waals surface area contributed by atoms with Crippen LogP contribution in [0.25, 0.3) is 0 Å². The zero-order valence-corrected chi connectivity index (χ0v) is 12.3. The van der Waals surface area contributed by atoms with Crippen LogP contribution in [0.1, 0.15) is 32.3 Å². The number of methoxy groups -OCH3 is 1. The summed E-state index contributed by atoms with van der Waals surface area (Å²) < 4.78 is 33.4. The van der Waals surface area contributed by atoms with Crippen molar-refractivity contribution in [2.75, 3.05) is 25.2 Å². The Morgan fingerprint density at radius 2 is 1.75 bits per heavy atom. The molecule has 0 unspecified atom stereocenters. The van der Waals surface area contributed by atoms with Gasteiger partial charge in [0, 0.05) is 19.7 Å². The topological polar surface area (TPSA) is 32.7 Å². The van der Waals surface area contributed by atoms with Crippen molar-refractivity contribution in [2.24, 2.45) is 0 Å². The molecule has 1 aromatic rings. The van der Waals surface area contributed by atoms with Gasteiger partial charge in [-0.15, -0.1) is 0 Å². The summed E-state index contributed by atoms with van der Waals surface area (Å²) in [5, 5.41) is 8.99. The highest BCUT2D eigenvalue weighted by atomic mass is 19.1. The fraction of sp³-hybridized carbons (Fsp3) is 0.600. The molecule has 0 aromatic heterocycles. The molecule has 0 atom stereocenters. The molecule has 3 nitrogen and oxygen atoms in total. The number of aliphatic hydroxyl groups excluding tert-OH is 1. The Bertz CT molecular complexity index is 399. The summed E-state index contributed by atoms with van der Waals surface area (Å²) in [5.74, 6) is -1.28. The quantitative estimate of drug-likeness (QED) is 0.797. The molecular weight excluding hydrogens is 264 g/mol. The van der Waals surface area contributed by atoms with Gasteiger partial charge in [-0.25, -0.2) is 8.78 Å². The number of aliphatic hydroxyl groups is 1. The highest BCUT2D eigenvalue weighted by molar-refractivity contribution is 5.51. The molecule has 0 saturated carbocycles. The Morgan fingerprint density at radius 3 is 2.15 bits per heavy atom. The summed E-state index contributed by atoms with van der Waals surface area (Å²) >= 11 is 0. The minimum Gasteiger partial charge on any atom is -0.392 e. The maximum Gasteiger partial charge on any atom is 0.149 e. The van der Waals surface area contributed by atoms with Crippen molar-refractivity contribution in [3.8, 4) is 0 Å². The lowest BCUT2D eigenvalue weighted by molar-refractivity contribution is 0.202. The molecule has 0 aliphatic rings. The van der Waals surface area contributed by atoms with E-state index >= 15 is 0 Å². The van der Waals surface area contributed by atoms with E-state index in [0.717, 1.165) is 12.8 Å². The van der Waals surface area contributed by atoms with Gasteiger partial charge in [0.15, 0.2) is 0 Å². The van der Waals surface area contributed by atoms with Crippen LogP contribution >= 0.6 is 0 Å². The summed E-state index contributed by atoms with van der Waals surface area (Å²) in [5.41, 5.74) is 0.202. The molecule has 1 N–H and O–H groups in total. The standard InChI is InChI=1S/C15H23F2NO2/c1-4-12(5-2)18(6-7-20-3)15-13(16)8-11(10-19)9-14(15)17/h8-9,12,19H,4-7,10H2,1-3H3. The number of rotatable bonds is 8. The molecule has 1 rings (SSSR count). The predicted octanol–water partition coefficient (Wildman–Crippen LogP) is 3.10. The van der Waals surface area contributed by atoms with Crippen LogP contribution in [0.3, 0.4) is 0 Å². The number of benzene rings is 1. The first-order valence-electron chi connectivity index (χ1n) is 6.93. The van der Waals surface area contributed by atoms with Gasteiger partial charge in [0.2, 0.25) is 0 Å². The molecule has 5 heteroatoms. The predicted molar refractivity (Wildman–Crippen MR) is 75.9 cm³/mol. The molecule has 0 radical (unpaired) electrons. The molecule has 0 spiro atoms. The summed E-state index contributed by atoms with van der Waals surface area (Å²) in [4.78, 5) is 1.72. The first-order chi connectivity index (χ1) is 9.58. The van der Waals surface area contributed by atoms with Gasteiger partial charge in [-0.05, 0) is 30.5 Å². The number of anilines is 1. The number of hydrogen-bond donors (Lipinski definition) is 1. The molecule has 0 saturated heterocycles. The van der Waals surface area contributed by atoms with Crippen LogP contribution in [0.4, 0.5) is 14.5 Å². The van der Waals surface area contributed by atoms with E-state index in [4.69, 9.17) is 9.84 Å². The molecule has 1 aromatic carbocycles. The molecule has 0 amide bonds. The molecule has 0 aliphatic carbocycles. The van der Waals surface area contributed by atoms with E-state index in [0.29, 0.717) is 13.2 Å². The van der Waals surface area contributed by atoms with Crippen molar-refractivity contribution in [2.45, 2.75) is 39.3 Å². The summed E-state index contributed by atoms with van der Waals surface area (Å²) in [6.07, 6.45) is 1.59. The Kier molecular flexibility index (Phi) is 6.88. The molecule has 0 bridgehead atoms. The molecule has 114 valence electrons. The van der Waals surface area contributed by atoms with E-state index in [1.807, 2.05) is 13.8 Å². The monoisotopic (exact) mass is 287 g/mol. The third kappa shape index (κ3) is 3.90. The molecule has 0 aliphatic heterocycles. The largest absolute Gasteiger partial charge is 0.392 e. The van der Waals surface area contributed by atoms with E-state index in [9.17, 15) is 8.78 Å². The molecule has 0 fully saturated rings. The van der Waals surface area contributed by atoms with Gasteiger partial charge in [0.1, 0.15) is 17.3 Å². The van der Waals surface area contributed by atoms with Gasteiger partial charge in [0.05, 0.1) is 13.2 Å². The van der Waals surface area contributed by atoms with Crippen LogP contribution in [0.2, 0.25) is 0 Å². The van der Waals surface area contributed by atoms with Crippen molar-refractivity contribution >= 4 is 5.69 Å². The van der Waals surface area contributed by atoms with Gasteiger partial charge >= 0.3 is 0 Å². The number of ether oxygens (including phenoxy) is 1. The minimum atomic E-state index is -0.642. The summed E-state index contributed by atoms with van der Waals surface area (Å²) in [6, 6.07) is 2.41. The average Bonchev–Trinajstić information content (AvgIpc) is 2.44. The lowest BCUT2D eigenvalue weighted by atomic mass is 10.1. The second kappa shape index (κ2) is 8.17. The second-order valence-electron chi connectivity index (χ2n) is 4.72. The van der Waals surface area contributed by atoms with Crippen molar-refractivity contribution in [1.29, 1.82) is 0 Å². The maximum atomic E-state index is 14.2. The molecular formula is C15H23F2NO2. The Morgan fingerprint density at radius 1 is 1.20 bits per heavy atom. The van der Waals surface area contributed by atoms with Crippen molar-refractivity contribution in [3.63, 3.8) is 0 Å². The average molecular weight is 287 g/mol. The molecule has 0 heterocycles. The van der Waals surface area contributed by atoms with Gasteiger partial charge in [-0.1, -0.05) is 13.8 Å². The van der Waals surface area contributed by atoms with Crippen LogP contribution in [0, 0.1) is 11.6 Å². The number of nitrogens with zero attached hydrogens (tertiary/aromatic N) is 1. The Hall–Kier alpha value is -1.20. The Balaban J connectivity index is 3.18. The van der Waals surface area contributed by atoms with Gasteiger partial charge in [-0.2, -0.15) is 0 Å². The van der Waals surface area contributed by atoms with E-state index in [1.165, 1.54) is 12.1 Å². The normalized spacial score (nSPS) is 11.2. The fourth-order valence-corrected chi connectivity index (χ4v) is 2.38. The minimum absolute atomic E-state index is 0.0343. The van der Waals surface area contributed by atoms with E-state index in [2.05, 4.69) is 0 Å². The third-order valence-corrected chi connectivity index (χ3v) is 3.47. The second-order valence-corrected chi connectivity index (χ2v) is 4.72. The van der Waals surface area contributed by atoms with E-state index < -0.39 is 11.6 Å². The van der Waals surface area contributed by atoms with Crippen LogP contribution in [0.5, 0.6) is 0 Å². The lowest BCUT2D eigenvalue weighted by Crippen LogP contribution is -2.38. The highest BCUT2D eigenvalue weighted by Gasteiger charge is 2.23. The van der Waals surface area contributed by atoms with E-state index in [-0.39, 0.29) is 23.9 Å². The van der Waals surface area contributed by atoms with Crippen molar-refractivity contribution < 1.29 is 18.6 Å². The highest BCUT2D eigenvalue weighted by Crippen LogP contribution is 2.28. The van der Waals surface area contributed by atoms with Crippen LogP contribution in [0.15, 0.2) is 12.1 Å². The van der Waals surface area contributed by atoms with Crippen molar-refractivity contribution in [1.82, 2.24) is 0 Å². The van der Waals surface area contributed by atoms with E-state index in [1.54, 1.807) is 12.0 Å². The maximum absolute atomic E-state index is 14.2. The van der Waals surface area contributed by atoms with Crippen LogP contribution in [-0.2, 0) is 11.3 Å². The number of hydrogen-bond acceptors (Lipinski definition) is 3. The van der Waals surface area contributed by atoms with Gasteiger partial charge < -0.3 is 14.7 Å². The SMILES string of the molecule is CCC(CC)N(CCOC)c1c(F)cc(CO)cc1F. The third-order valence-electron chi connectivity index (χ3n) is 3.47. The first kappa shape index (κ1) is 16.9. The van der Waals surface area contributed by atoms with Crippen molar-refractivity contribution in [3.05, 3.63) is 29.3 Å². The zero-order valence-electron chi connectivity index (χ0n) is 12.3.